The van der Waals surface area contributed by atoms with Crippen molar-refractivity contribution in [3.63, 3.8) is 0 Å². The predicted molar refractivity (Wildman–Crippen MR) is 103 cm³/mol. The average molecular weight is 331 g/mol. The highest BCUT2D eigenvalue weighted by Crippen LogP contribution is 2.58. The van der Waals surface area contributed by atoms with Crippen LogP contribution in [0.4, 0.5) is 5.69 Å². The molecule has 128 valence electrons. The Morgan fingerprint density at radius 2 is 1.84 bits per heavy atom. The monoisotopic (exact) mass is 331 g/mol. The zero-order valence-electron chi connectivity index (χ0n) is 15.3. The fourth-order valence-corrected chi connectivity index (χ4v) is 5.60. The molecule has 0 N–H and O–H groups in total. The molecule has 3 aromatic rings. The smallest absolute Gasteiger partial charge is 0.140 e. The van der Waals surface area contributed by atoms with Crippen molar-refractivity contribution in [2.24, 2.45) is 7.05 Å². The molecule has 1 unspecified atom stereocenters. The van der Waals surface area contributed by atoms with Crippen LogP contribution in [0.1, 0.15) is 55.5 Å². The Labute approximate surface area is 149 Å². The first-order valence-corrected chi connectivity index (χ1v) is 9.44. The van der Waals surface area contributed by atoms with Crippen LogP contribution in [-0.2, 0) is 12.6 Å². The normalized spacial score (nSPS) is 21.4. The first kappa shape index (κ1) is 15.0. The Morgan fingerprint density at radius 1 is 1.08 bits per heavy atom. The van der Waals surface area contributed by atoms with Crippen LogP contribution in [0, 0.1) is 6.92 Å². The Bertz CT molecular complexity index is 963. The van der Waals surface area contributed by atoms with Gasteiger partial charge in [0.05, 0.1) is 17.3 Å². The van der Waals surface area contributed by atoms with Gasteiger partial charge < -0.3 is 9.47 Å². The molecule has 2 aliphatic rings. The summed E-state index contributed by atoms with van der Waals surface area (Å²) in [6, 6.07) is 13.6. The van der Waals surface area contributed by atoms with E-state index in [0.717, 1.165) is 5.65 Å². The average Bonchev–Trinajstić information content (AvgIpc) is 3.27. The van der Waals surface area contributed by atoms with Gasteiger partial charge in [-0.3, -0.25) is 0 Å². The molecular weight excluding hydrogens is 306 g/mol. The van der Waals surface area contributed by atoms with Crippen molar-refractivity contribution in [2.45, 2.75) is 51.1 Å². The van der Waals surface area contributed by atoms with E-state index in [1.165, 1.54) is 53.6 Å². The predicted octanol–water partition coefficient (Wildman–Crippen LogP) is 5.23. The third kappa shape index (κ3) is 1.79. The molecule has 1 aromatic carbocycles. The highest BCUT2D eigenvalue weighted by molar-refractivity contribution is 5.86. The molecule has 5 rings (SSSR count). The number of nitrogens with zero attached hydrogens (tertiary/aromatic N) is 3. The Morgan fingerprint density at radius 3 is 2.60 bits per heavy atom. The first-order valence-electron chi connectivity index (χ1n) is 9.44. The summed E-state index contributed by atoms with van der Waals surface area (Å²) >= 11 is 0. The molecule has 1 spiro atoms. The van der Waals surface area contributed by atoms with E-state index in [0.29, 0.717) is 6.04 Å². The highest BCUT2D eigenvalue weighted by atomic mass is 15.3. The second kappa shape index (κ2) is 5.10. The number of rotatable bonds is 1. The van der Waals surface area contributed by atoms with E-state index in [4.69, 9.17) is 4.98 Å². The lowest BCUT2D eigenvalue weighted by molar-refractivity contribution is 0.398. The second-order valence-corrected chi connectivity index (χ2v) is 7.77. The minimum Gasteiger partial charge on any atom is -0.353 e. The third-order valence-corrected chi connectivity index (χ3v) is 6.50. The fourth-order valence-electron chi connectivity index (χ4n) is 5.60. The van der Waals surface area contributed by atoms with E-state index in [1.807, 2.05) is 6.20 Å². The van der Waals surface area contributed by atoms with Crippen LogP contribution in [0.25, 0.3) is 11.0 Å². The third-order valence-electron chi connectivity index (χ3n) is 6.50. The van der Waals surface area contributed by atoms with Crippen molar-refractivity contribution in [1.29, 1.82) is 0 Å². The largest absolute Gasteiger partial charge is 0.353 e. The molecule has 3 heteroatoms. The number of para-hydroxylation sites is 1. The van der Waals surface area contributed by atoms with Crippen molar-refractivity contribution < 1.29 is 0 Å². The Hall–Kier alpha value is -2.29. The standard InChI is InChI=1S/C22H25N3/c1-15-9-4-5-11-18(15)25-16(2)19-17-10-8-14-23-21(17)24(3)20(19)22(25)12-6-7-13-22/h4-5,8-11,14,16H,6-7,12-13H2,1-3H3. The molecule has 0 saturated heterocycles. The molecule has 1 atom stereocenters. The van der Waals surface area contributed by atoms with Crippen LogP contribution in [0.5, 0.6) is 0 Å². The SMILES string of the molecule is Cc1ccccc1N1C(C)c2c(n(C)c3ncccc23)C12CCCC2. The van der Waals surface area contributed by atoms with Gasteiger partial charge in [-0.1, -0.05) is 31.0 Å². The van der Waals surface area contributed by atoms with Crippen molar-refractivity contribution in [1.82, 2.24) is 9.55 Å². The van der Waals surface area contributed by atoms with Crippen LogP contribution < -0.4 is 4.90 Å². The van der Waals surface area contributed by atoms with E-state index in [-0.39, 0.29) is 5.54 Å². The first-order chi connectivity index (χ1) is 12.1. The van der Waals surface area contributed by atoms with Crippen molar-refractivity contribution in [2.75, 3.05) is 4.90 Å². The molecule has 3 heterocycles. The second-order valence-electron chi connectivity index (χ2n) is 7.77. The lowest BCUT2D eigenvalue weighted by Gasteiger charge is -2.41. The maximum Gasteiger partial charge on any atom is 0.140 e. The van der Waals surface area contributed by atoms with Gasteiger partial charge in [0.15, 0.2) is 0 Å². The van der Waals surface area contributed by atoms with Gasteiger partial charge in [0.1, 0.15) is 5.65 Å². The van der Waals surface area contributed by atoms with Gasteiger partial charge in [-0.25, -0.2) is 4.98 Å². The van der Waals surface area contributed by atoms with E-state index < -0.39 is 0 Å². The summed E-state index contributed by atoms with van der Waals surface area (Å²) in [6.45, 7) is 4.62. The molecule has 1 fully saturated rings. The number of hydrogen-bond acceptors (Lipinski definition) is 2. The molecule has 1 aliphatic heterocycles. The quantitative estimate of drug-likeness (QED) is 0.608. The zero-order chi connectivity index (χ0) is 17.2. The van der Waals surface area contributed by atoms with Gasteiger partial charge in [-0.15, -0.1) is 0 Å². The number of aryl methyl sites for hydroxylation is 2. The number of hydrogen-bond donors (Lipinski definition) is 0. The summed E-state index contributed by atoms with van der Waals surface area (Å²) in [6.07, 6.45) is 7.02. The molecule has 0 bridgehead atoms. The van der Waals surface area contributed by atoms with Gasteiger partial charge in [-0.05, 0) is 50.5 Å². The summed E-state index contributed by atoms with van der Waals surface area (Å²) in [5.74, 6) is 0. The number of aromatic nitrogens is 2. The minimum absolute atomic E-state index is 0.121. The maximum absolute atomic E-state index is 4.69. The van der Waals surface area contributed by atoms with E-state index in [1.54, 1.807) is 0 Å². The van der Waals surface area contributed by atoms with Gasteiger partial charge in [0.25, 0.3) is 0 Å². The van der Waals surface area contributed by atoms with Crippen LogP contribution in [0.15, 0.2) is 42.6 Å². The molecule has 1 saturated carbocycles. The Balaban J connectivity index is 1.83. The molecule has 1 aliphatic carbocycles. The van der Waals surface area contributed by atoms with E-state index in [2.05, 4.69) is 66.8 Å². The fraction of sp³-hybridized carbons (Fsp3) is 0.409. The molecule has 2 aromatic heterocycles. The maximum atomic E-state index is 4.69. The molecule has 0 amide bonds. The number of anilines is 1. The van der Waals surface area contributed by atoms with Crippen LogP contribution in [0.2, 0.25) is 0 Å². The van der Waals surface area contributed by atoms with Crippen LogP contribution in [0.3, 0.4) is 0 Å². The zero-order valence-corrected chi connectivity index (χ0v) is 15.3. The van der Waals surface area contributed by atoms with Gasteiger partial charge in [0, 0.05) is 29.9 Å². The highest BCUT2D eigenvalue weighted by Gasteiger charge is 2.53. The summed E-state index contributed by atoms with van der Waals surface area (Å²) < 4.78 is 2.38. The van der Waals surface area contributed by atoms with Crippen molar-refractivity contribution in [3.8, 4) is 0 Å². The lowest BCUT2D eigenvalue weighted by Crippen LogP contribution is -2.41. The van der Waals surface area contributed by atoms with Crippen molar-refractivity contribution >= 4 is 16.7 Å². The summed E-state index contributed by atoms with van der Waals surface area (Å²) in [5, 5.41) is 1.33. The van der Waals surface area contributed by atoms with Crippen molar-refractivity contribution in [3.05, 3.63) is 59.4 Å². The molecule has 25 heavy (non-hydrogen) atoms. The topological polar surface area (TPSA) is 21.1 Å². The summed E-state index contributed by atoms with van der Waals surface area (Å²) in [5.41, 5.74) is 7.03. The minimum atomic E-state index is 0.121. The van der Waals surface area contributed by atoms with Crippen LogP contribution >= 0.6 is 0 Å². The number of pyridine rings is 1. The van der Waals surface area contributed by atoms with E-state index in [9.17, 15) is 0 Å². The van der Waals surface area contributed by atoms with Gasteiger partial charge >= 0.3 is 0 Å². The van der Waals surface area contributed by atoms with Crippen LogP contribution in [-0.4, -0.2) is 9.55 Å². The molecular formula is C22H25N3. The Kier molecular flexibility index (Phi) is 3.06. The van der Waals surface area contributed by atoms with E-state index >= 15 is 0 Å². The van der Waals surface area contributed by atoms with Gasteiger partial charge in [0.2, 0.25) is 0 Å². The summed E-state index contributed by atoms with van der Waals surface area (Å²) in [4.78, 5) is 7.42. The summed E-state index contributed by atoms with van der Waals surface area (Å²) in [7, 11) is 2.21. The number of benzene rings is 1. The lowest BCUT2D eigenvalue weighted by atomic mass is 9.92. The molecule has 3 nitrogen and oxygen atoms in total. The van der Waals surface area contributed by atoms with Gasteiger partial charge in [-0.2, -0.15) is 0 Å². The molecule has 0 radical (unpaired) electrons. The number of fused-ring (bicyclic) bond motifs is 4.